The van der Waals surface area contributed by atoms with E-state index in [1.54, 1.807) is 36.4 Å². The Balaban J connectivity index is 2.05. The molecule has 0 heterocycles. The highest BCUT2D eigenvalue weighted by Gasteiger charge is 2.03. The van der Waals surface area contributed by atoms with E-state index in [9.17, 15) is 12.8 Å². The largest absolute Gasteiger partial charge is 0.381 e. The van der Waals surface area contributed by atoms with Crippen molar-refractivity contribution in [2.75, 3.05) is 10.0 Å². The SMILES string of the molecule is NS(=O)(=O)Nc1cccc(NCc2cccc(F)c2)c1. The molecule has 2 aromatic rings. The van der Waals surface area contributed by atoms with Crippen molar-refractivity contribution in [2.24, 2.45) is 5.14 Å². The van der Waals surface area contributed by atoms with Crippen LogP contribution >= 0.6 is 0 Å². The highest BCUT2D eigenvalue weighted by Crippen LogP contribution is 2.16. The van der Waals surface area contributed by atoms with E-state index in [0.717, 1.165) is 5.56 Å². The zero-order valence-electron chi connectivity index (χ0n) is 10.5. The summed E-state index contributed by atoms with van der Waals surface area (Å²) in [6.07, 6.45) is 0. The van der Waals surface area contributed by atoms with E-state index in [1.165, 1.54) is 12.1 Å². The molecule has 0 aliphatic heterocycles. The third-order valence-corrected chi connectivity index (χ3v) is 3.03. The van der Waals surface area contributed by atoms with Crippen molar-refractivity contribution in [3.63, 3.8) is 0 Å². The van der Waals surface area contributed by atoms with Crippen molar-refractivity contribution in [2.45, 2.75) is 6.54 Å². The maximum absolute atomic E-state index is 13.0. The van der Waals surface area contributed by atoms with Crippen LogP contribution in [0.3, 0.4) is 0 Å². The van der Waals surface area contributed by atoms with E-state index in [4.69, 9.17) is 5.14 Å². The molecule has 5 nitrogen and oxygen atoms in total. The first-order valence-corrected chi connectivity index (χ1v) is 7.36. The zero-order chi connectivity index (χ0) is 14.6. The monoisotopic (exact) mass is 295 g/mol. The molecule has 0 bridgehead atoms. The Morgan fingerprint density at radius 3 is 2.45 bits per heavy atom. The number of hydrogen-bond acceptors (Lipinski definition) is 3. The summed E-state index contributed by atoms with van der Waals surface area (Å²) in [5, 5.41) is 7.97. The summed E-state index contributed by atoms with van der Waals surface area (Å²) in [4.78, 5) is 0. The van der Waals surface area contributed by atoms with Crippen LogP contribution in [0.25, 0.3) is 0 Å². The van der Waals surface area contributed by atoms with Crippen LogP contribution in [-0.2, 0) is 16.8 Å². The number of benzene rings is 2. The van der Waals surface area contributed by atoms with Gasteiger partial charge in [0.05, 0.1) is 5.69 Å². The van der Waals surface area contributed by atoms with E-state index >= 15 is 0 Å². The molecule has 20 heavy (non-hydrogen) atoms. The lowest BCUT2D eigenvalue weighted by molar-refractivity contribution is 0.603. The summed E-state index contributed by atoms with van der Waals surface area (Å²) in [6, 6.07) is 12.9. The predicted molar refractivity (Wildman–Crippen MR) is 76.9 cm³/mol. The van der Waals surface area contributed by atoms with Crippen molar-refractivity contribution < 1.29 is 12.8 Å². The maximum atomic E-state index is 13.0. The zero-order valence-corrected chi connectivity index (χ0v) is 11.3. The molecule has 106 valence electrons. The number of anilines is 2. The van der Waals surface area contributed by atoms with Crippen LogP contribution in [0.4, 0.5) is 15.8 Å². The number of halogens is 1. The van der Waals surface area contributed by atoms with Gasteiger partial charge in [0.25, 0.3) is 10.2 Å². The molecule has 0 saturated carbocycles. The quantitative estimate of drug-likeness (QED) is 0.789. The van der Waals surface area contributed by atoms with E-state index in [2.05, 4.69) is 10.0 Å². The van der Waals surface area contributed by atoms with Gasteiger partial charge in [-0.05, 0) is 35.9 Å². The average Bonchev–Trinajstić information content (AvgIpc) is 2.35. The van der Waals surface area contributed by atoms with Gasteiger partial charge in [-0.3, -0.25) is 4.72 Å². The van der Waals surface area contributed by atoms with Crippen molar-refractivity contribution in [1.82, 2.24) is 0 Å². The minimum absolute atomic E-state index is 0.297. The topological polar surface area (TPSA) is 84.2 Å². The van der Waals surface area contributed by atoms with Crippen LogP contribution in [0.2, 0.25) is 0 Å². The highest BCUT2D eigenvalue weighted by atomic mass is 32.2. The molecule has 0 aliphatic carbocycles. The highest BCUT2D eigenvalue weighted by molar-refractivity contribution is 7.90. The molecular weight excluding hydrogens is 281 g/mol. The number of rotatable bonds is 5. The van der Waals surface area contributed by atoms with Crippen molar-refractivity contribution in [3.05, 3.63) is 59.9 Å². The van der Waals surface area contributed by atoms with Gasteiger partial charge in [0.2, 0.25) is 0 Å². The van der Waals surface area contributed by atoms with Crippen molar-refractivity contribution in [3.8, 4) is 0 Å². The molecule has 0 aromatic heterocycles. The molecule has 7 heteroatoms. The Morgan fingerprint density at radius 2 is 1.75 bits per heavy atom. The molecule has 0 spiro atoms. The van der Waals surface area contributed by atoms with Gasteiger partial charge in [0.15, 0.2) is 0 Å². The first kappa shape index (κ1) is 14.3. The first-order chi connectivity index (χ1) is 9.42. The summed E-state index contributed by atoms with van der Waals surface area (Å²) in [7, 11) is -3.79. The van der Waals surface area contributed by atoms with Gasteiger partial charge >= 0.3 is 0 Å². The molecule has 0 fully saturated rings. The fraction of sp³-hybridized carbons (Fsp3) is 0.0769. The smallest absolute Gasteiger partial charge is 0.296 e. The lowest BCUT2D eigenvalue weighted by Gasteiger charge is -2.09. The van der Waals surface area contributed by atoms with Crippen LogP contribution in [0.5, 0.6) is 0 Å². The van der Waals surface area contributed by atoms with E-state index in [0.29, 0.717) is 17.9 Å². The number of nitrogens with two attached hydrogens (primary N) is 1. The summed E-state index contributed by atoms with van der Waals surface area (Å²) >= 11 is 0. The standard InChI is InChI=1S/C13H14FN3O2S/c14-11-4-1-3-10(7-11)9-16-12-5-2-6-13(8-12)17-20(15,18)19/h1-8,16-17H,9H2,(H2,15,18,19). The predicted octanol–water partition coefficient (Wildman–Crippen LogP) is 2.05. The van der Waals surface area contributed by atoms with Crippen LogP contribution in [-0.4, -0.2) is 8.42 Å². The van der Waals surface area contributed by atoms with Gasteiger partial charge in [-0.2, -0.15) is 8.42 Å². The minimum Gasteiger partial charge on any atom is -0.381 e. The van der Waals surface area contributed by atoms with Gasteiger partial charge in [-0.1, -0.05) is 18.2 Å². The fourth-order valence-electron chi connectivity index (χ4n) is 1.71. The van der Waals surface area contributed by atoms with E-state index in [-0.39, 0.29) is 5.82 Å². The van der Waals surface area contributed by atoms with Crippen LogP contribution in [0.15, 0.2) is 48.5 Å². The molecule has 0 unspecified atom stereocenters. The third-order valence-electron chi connectivity index (χ3n) is 2.51. The second-order valence-corrected chi connectivity index (χ2v) is 5.51. The lowest BCUT2D eigenvalue weighted by Crippen LogP contribution is -2.21. The van der Waals surface area contributed by atoms with E-state index < -0.39 is 10.2 Å². The van der Waals surface area contributed by atoms with Crippen molar-refractivity contribution in [1.29, 1.82) is 0 Å². The Morgan fingerprint density at radius 1 is 1.05 bits per heavy atom. The van der Waals surface area contributed by atoms with Gasteiger partial charge < -0.3 is 5.32 Å². The molecule has 0 aliphatic rings. The molecule has 4 N–H and O–H groups in total. The van der Waals surface area contributed by atoms with Gasteiger partial charge in [0.1, 0.15) is 5.82 Å². The second kappa shape index (κ2) is 5.89. The average molecular weight is 295 g/mol. The van der Waals surface area contributed by atoms with Crippen LogP contribution in [0.1, 0.15) is 5.56 Å². The molecule has 0 atom stereocenters. The molecule has 0 radical (unpaired) electrons. The number of hydrogen-bond donors (Lipinski definition) is 3. The molecule has 0 saturated heterocycles. The van der Waals surface area contributed by atoms with Gasteiger partial charge in [-0.25, -0.2) is 9.53 Å². The third kappa shape index (κ3) is 4.52. The van der Waals surface area contributed by atoms with Crippen molar-refractivity contribution >= 4 is 21.6 Å². The summed E-state index contributed by atoms with van der Waals surface area (Å²) in [6.45, 7) is 0.427. The van der Waals surface area contributed by atoms with Crippen LogP contribution in [0, 0.1) is 5.82 Å². The van der Waals surface area contributed by atoms with Gasteiger partial charge in [0, 0.05) is 12.2 Å². The van der Waals surface area contributed by atoms with Crippen LogP contribution < -0.4 is 15.2 Å². The Labute approximate surface area is 116 Å². The van der Waals surface area contributed by atoms with Gasteiger partial charge in [-0.15, -0.1) is 0 Å². The Hall–Kier alpha value is -2.12. The summed E-state index contributed by atoms with van der Waals surface area (Å²) in [5.74, 6) is -0.297. The molecule has 2 rings (SSSR count). The lowest BCUT2D eigenvalue weighted by atomic mass is 10.2. The maximum Gasteiger partial charge on any atom is 0.296 e. The fourth-order valence-corrected chi connectivity index (χ4v) is 2.16. The minimum atomic E-state index is -3.79. The Bertz CT molecular complexity index is 704. The first-order valence-electron chi connectivity index (χ1n) is 5.81. The molecule has 0 amide bonds. The summed E-state index contributed by atoms with van der Waals surface area (Å²) < 4.78 is 37.1. The Kier molecular flexibility index (Phi) is 4.21. The van der Waals surface area contributed by atoms with E-state index in [1.807, 2.05) is 0 Å². The molecular formula is C13H14FN3O2S. The summed E-state index contributed by atoms with van der Waals surface area (Å²) in [5.41, 5.74) is 1.84. The normalized spacial score (nSPS) is 11.1. The second-order valence-electron chi connectivity index (χ2n) is 4.21. The number of nitrogens with one attached hydrogen (secondary N) is 2. The molecule has 2 aromatic carbocycles.